The van der Waals surface area contributed by atoms with E-state index in [1.54, 1.807) is 84.9 Å². The number of fused-ring (bicyclic) bond motifs is 2. The molecule has 0 spiro atoms. The molecule has 0 aliphatic heterocycles. The third-order valence-corrected chi connectivity index (χ3v) is 21.1. The lowest BCUT2D eigenvalue weighted by atomic mass is 9.97. The van der Waals surface area contributed by atoms with Crippen molar-refractivity contribution in [2.45, 2.75) is 246 Å². The normalized spacial score (nSPS) is 14.4. The van der Waals surface area contributed by atoms with E-state index < -0.39 is 264 Å². The Hall–Kier alpha value is -13.5. The van der Waals surface area contributed by atoms with Gasteiger partial charge in [0.05, 0.1) is 18.9 Å². The molecule has 13 atom stereocenters. The van der Waals surface area contributed by atoms with Crippen molar-refractivity contribution in [2.24, 2.45) is 34.4 Å². The van der Waals surface area contributed by atoms with Gasteiger partial charge >= 0.3 is 5.97 Å². The lowest BCUT2D eigenvalue weighted by Crippen LogP contribution is -2.65. The quantitative estimate of drug-likeness (QED) is 0.0128. The van der Waals surface area contributed by atoms with Crippen molar-refractivity contribution in [2.75, 3.05) is 19.7 Å². The fraction of sp³-hybridized carbons (Fsp3) is 0.488. The zero-order chi connectivity index (χ0) is 98.8. The van der Waals surface area contributed by atoms with Gasteiger partial charge in [0.15, 0.2) is 0 Å². The second-order valence-corrected chi connectivity index (χ2v) is 35.6. The van der Waals surface area contributed by atoms with Crippen LogP contribution in [-0.4, -0.2) is 247 Å². The van der Waals surface area contributed by atoms with E-state index in [0.717, 1.165) is 19.2 Å². The molecule has 19 amide bonds. The summed E-state index contributed by atoms with van der Waals surface area (Å²) in [5, 5.41) is 57.5. The maximum atomic E-state index is 15.5. The minimum Gasteiger partial charge on any atom is -0.492 e. The van der Waals surface area contributed by atoms with Gasteiger partial charge < -0.3 is 129 Å². The number of aliphatic carboxylic acids is 1. The molecule has 132 heavy (non-hydrogen) atoms. The molecule has 4 aromatic carbocycles. The second-order valence-electron chi connectivity index (χ2n) is 33.3. The Morgan fingerprint density at radius 1 is 0.439 bits per heavy atom. The van der Waals surface area contributed by atoms with Crippen LogP contribution >= 0.6 is 25.3 Å². The van der Waals surface area contributed by atoms with Crippen molar-refractivity contribution < 1.29 is 111 Å². The fourth-order valence-electron chi connectivity index (χ4n) is 13.5. The molecule has 29 N–H and O–H groups in total. The van der Waals surface area contributed by atoms with Crippen molar-refractivity contribution in [1.29, 1.82) is 0 Å². The van der Waals surface area contributed by atoms with Gasteiger partial charge in [0.2, 0.25) is 112 Å². The topological polar surface area (TPSA) is 731 Å². The summed E-state index contributed by atoms with van der Waals surface area (Å²) in [6.07, 6.45) is -6.41. The van der Waals surface area contributed by atoms with Crippen LogP contribution < -0.4 is 114 Å². The number of amides is 19. The van der Waals surface area contributed by atoms with E-state index in [0.29, 0.717) is 38.7 Å². The van der Waals surface area contributed by atoms with Crippen LogP contribution in [0.25, 0.3) is 21.7 Å². The lowest BCUT2D eigenvalue weighted by Gasteiger charge is -2.33. The van der Waals surface area contributed by atoms with Crippen LogP contribution in [0.4, 0.5) is 0 Å². The van der Waals surface area contributed by atoms with Crippen LogP contribution in [0, 0.1) is 0 Å². The first kappa shape index (κ1) is 109. The van der Waals surface area contributed by atoms with Crippen molar-refractivity contribution in [3.05, 3.63) is 114 Å². The monoisotopic (exact) mass is 1880 g/mol. The van der Waals surface area contributed by atoms with E-state index in [2.05, 4.69) is 92.0 Å². The van der Waals surface area contributed by atoms with Crippen molar-refractivity contribution in [3.8, 4) is 5.75 Å². The zero-order valence-electron chi connectivity index (χ0n) is 74.6. The van der Waals surface area contributed by atoms with Crippen LogP contribution in [-0.2, 0) is 115 Å². The molecule has 1 heterocycles. The number of H-pyrrole nitrogens is 1. The number of thiol groups is 2. The van der Waals surface area contributed by atoms with E-state index in [9.17, 15) is 82.1 Å². The third kappa shape index (κ3) is 36.4. The highest BCUT2D eigenvalue weighted by atomic mass is 32.1. The van der Waals surface area contributed by atoms with Crippen molar-refractivity contribution in [1.82, 2.24) is 79.4 Å². The zero-order valence-corrected chi connectivity index (χ0v) is 76.4. The number of hydrogen-bond donors (Lipinski definition) is 25. The van der Waals surface area contributed by atoms with E-state index in [4.69, 9.17) is 51.8 Å². The Bertz CT molecular complexity index is 5020. The smallest absolute Gasteiger partial charge is 0.303 e. The number of nitrogens with one attached hydrogen (secondary N) is 15. The summed E-state index contributed by atoms with van der Waals surface area (Å²) in [6.45, 7) is 11.8. The highest BCUT2D eigenvalue weighted by molar-refractivity contribution is 7.82. The van der Waals surface area contributed by atoms with Gasteiger partial charge in [-0.3, -0.25) is 95.9 Å². The summed E-state index contributed by atoms with van der Waals surface area (Å²) < 4.78 is 2.55. The van der Waals surface area contributed by atoms with E-state index >= 15 is 24.0 Å². The van der Waals surface area contributed by atoms with Gasteiger partial charge in [0.25, 0.3) is 0 Å². The van der Waals surface area contributed by atoms with E-state index in [1.807, 2.05) is 6.07 Å². The van der Waals surface area contributed by atoms with Crippen molar-refractivity contribution >= 4 is 165 Å². The number of carboxylic acid groups (broad SMARTS) is 1. The van der Waals surface area contributed by atoms with Gasteiger partial charge in [-0.1, -0.05) is 72.8 Å². The van der Waals surface area contributed by atoms with E-state index in [1.165, 1.54) is 54.7 Å². The Balaban J connectivity index is 1.54. The van der Waals surface area contributed by atoms with Gasteiger partial charge in [0, 0.05) is 92.1 Å². The third-order valence-electron chi connectivity index (χ3n) is 20.6. The number of aliphatic hydroxyl groups excluding tert-OH is 1. The maximum absolute atomic E-state index is 15.5. The molecule has 0 saturated carbocycles. The number of rotatable bonds is 56. The molecule has 5 aromatic rings. The summed E-state index contributed by atoms with van der Waals surface area (Å²) >= 11 is 9.21. The number of primary amides is 5. The highest BCUT2D eigenvalue weighted by Crippen LogP contribution is 2.25. The first-order valence-electron chi connectivity index (χ1n) is 42.2. The van der Waals surface area contributed by atoms with Crippen LogP contribution in [0.2, 0.25) is 0 Å². The first-order valence-corrected chi connectivity index (χ1v) is 43.1. The fourth-order valence-corrected chi connectivity index (χ4v) is 13.9. The molecule has 0 bridgehead atoms. The number of unbranched alkanes of at least 4 members (excludes halogenated alkanes) is 1. The number of aromatic nitrogens is 1. The Labute approximate surface area is 771 Å². The highest BCUT2D eigenvalue weighted by Gasteiger charge is 2.44. The number of para-hydroxylation sites is 1. The Kier molecular flexibility index (Phi) is 42.3. The Morgan fingerprint density at radius 2 is 0.879 bits per heavy atom. The number of carbonyl (C=O) groups excluding carboxylic acids is 19. The van der Waals surface area contributed by atoms with Gasteiger partial charge in [-0.2, -0.15) is 25.3 Å². The molecule has 1 aromatic heterocycles. The molecule has 0 aliphatic rings. The number of nitrogens with two attached hydrogens (primary N) is 6. The number of carboxylic acids is 1. The summed E-state index contributed by atoms with van der Waals surface area (Å²) in [7, 11) is 0. The first-order chi connectivity index (χ1) is 61.8. The number of benzene rings is 4. The second kappa shape index (κ2) is 51.2. The van der Waals surface area contributed by atoms with Crippen LogP contribution in [0.15, 0.2) is 97.2 Å². The molecular formula is C86H121N21O23S2. The number of carbonyl (C=O) groups is 20. The molecule has 0 aliphatic carbocycles. The number of aromatic amines is 1. The molecule has 0 radical (unpaired) electrons. The van der Waals surface area contributed by atoms with Crippen molar-refractivity contribution in [3.63, 3.8) is 0 Å². The minimum absolute atomic E-state index is 0.108. The number of aliphatic hydroxyl groups is 1. The largest absolute Gasteiger partial charge is 0.492 e. The standard InChI is InChI=1S/C86H121N21O23S2/c1-43(108)68(104-73(119)56(27-30-63(88)111)97-81(127)69(85(6,7)131)105-74(120)55(95-45(3)110)29-32-67(115)116)80(126)101-61(39-50-42-94-53-19-13-12-18-52(50)53)77(123)96-57(28-31-64(89)112)75(121)106-70(86(8,9)132)82(128)102-59(37-46-22-25-51(26-23-46)130-35-33-87)76(122)99-60(38-47-21-24-48-16-10-11-17-49(48)36-47)79(125)107-84(4,5)83(129)103-54(20-14-15-34-93-44(2)109)72(118)100-62(41-66(91)114)78(124)98-58(71(92)117)40-65(90)113/h10-13,16-19,21-26,36,42-43,54-62,68-70,94,108,131-132H,14-15,20,27-35,37-41,87H2,1-9H3,(H2,88,111)(H2,89,112)(H2,90,113)(H2,91,114)(H2,92,117)(H,93,109)(H,95,110)(H,96,123)(H,97,127)(H,98,124)(H,99,122)(H,100,118)(H,101,126)(H,102,128)(H,103,129)(H,104,119)(H,105,120)(H,106,121)(H,107,125)(H,115,116)/t43-,54+,55+,56+,57+,58+,59+,60+,61+,62+,68+,69-,70-/m1/s1. The maximum Gasteiger partial charge on any atom is 0.303 e. The molecule has 720 valence electrons. The number of hydrogen-bond acceptors (Lipinski definition) is 25. The van der Waals surface area contributed by atoms with Gasteiger partial charge in [-0.25, -0.2) is 0 Å². The SMILES string of the molecule is CC(=O)NCCCC[C@H](NC(=O)C(C)(C)NC(=O)[C@H](Cc1ccc2ccccc2c1)NC(=O)[C@H](Cc1ccc(OCCN)cc1)NC(=O)[C@@H](NC(=O)[C@H](CCC(N)=O)NC(=O)[C@H](Cc1c[nH]c2ccccc12)NC(=O)[C@@H](NC(=O)[C@H](CCC(N)=O)NC(=O)[C@@H](NC(=O)[C@H](CCC(=O)O)NC(C)=O)C(C)(C)S)[C@@H](C)O)C(C)(C)S)C(=O)N[C@@H](CC(N)=O)C(=O)N[C@@H](CC(N)=O)C(N)=O. The molecule has 0 fully saturated rings. The predicted octanol–water partition coefficient (Wildman–Crippen LogP) is -4.85. The molecule has 0 saturated heterocycles. The molecule has 5 rings (SSSR count). The summed E-state index contributed by atoms with van der Waals surface area (Å²) in [5.41, 5.74) is 32.6. The van der Waals surface area contributed by atoms with Crippen LogP contribution in [0.3, 0.4) is 0 Å². The minimum atomic E-state index is -2.05. The molecule has 44 nitrogen and oxygen atoms in total. The molecule has 0 unspecified atom stereocenters. The van der Waals surface area contributed by atoms with Gasteiger partial charge in [-0.05, 0) is 133 Å². The van der Waals surface area contributed by atoms with E-state index in [-0.39, 0.29) is 57.7 Å². The summed E-state index contributed by atoms with van der Waals surface area (Å²) in [4.78, 5) is 276. The average Bonchev–Trinajstić information content (AvgIpc) is 1.51. The molecule has 46 heteroatoms. The Morgan fingerprint density at radius 3 is 1.41 bits per heavy atom. The van der Waals surface area contributed by atoms with Gasteiger partial charge in [-0.15, -0.1) is 0 Å². The number of ether oxygens (including phenoxy) is 1. The van der Waals surface area contributed by atoms with Gasteiger partial charge in [0.1, 0.15) is 90.4 Å². The van der Waals surface area contributed by atoms with Crippen LogP contribution in [0.1, 0.15) is 150 Å². The lowest BCUT2D eigenvalue weighted by molar-refractivity contribution is -0.138. The predicted molar refractivity (Wildman–Crippen MR) is 486 cm³/mol. The van der Waals surface area contributed by atoms with Crippen LogP contribution in [0.5, 0.6) is 5.75 Å². The summed E-state index contributed by atoms with van der Waals surface area (Å²) in [5.74, 6) is -21.0. The summed E-state index contributed by atoms with van der Waals surface area (Å²) in [6, 6.07) is 4.18. The molecular weight excluding hydrogens is 1760 g/mol. The average molecular weight is 1880 g/mol.